The zero-order valence-electron chi connectivity index (χ0n) is 21.2. The molecule has 1 heterocycles. The third-order valence-corrected chi connectivity index (χ3v) is 11.5. The van der Waals surface area contributed by atoms with E-state index in [2.05, 4.69) is 13.8 Å². The number of fused-ring (bicyclic) bond motifs is 5. The predicted octanol–water partition coefficient (Wildman–Crippen LogP) is 2.25. The lowest BCUT2D eigenvalue weighted by Gasteiger charge is -2.63. The summed E-state index contributed by atoms with van der Waals surface area (Å²) >= 11 is 0. The van der Waals surface area contributed by atoms with E-state index in [1.807, 2.05) is 0 Å². The lowest BCUT2D eigenvalue weighted by Crippen LogP contribution is -2.63. The molecule has 4 aliphatic carbocycles. The molecular weight excluding hydrogens is 454 g/mol. The third kappa shape index (κ3) is 3.87. The summed E-state index contributed by atoms with van der Waals surface area (Å²) in [5.74, 6) is 0.942. The first-order valence-corrected chi connectivity index (χ1v) is 13.6. The fraction of sp³-hybridized carbons (Fsp3) is 1.00. The summed E-state index contributed by atoms with van der Waals surface area (Å²) < 4.78 is 11.8. The van der Waals surface area contributed by atoms with Gasteiger partial charge in [0.1, 0.15) is 18.3 Å². The quantitative estimate of drug-likeness (QED) is 0.263. The Bertz CT molecular complexity index is 827. The summed E-state index contributed by atoms with van der Waals surface area (Å²) in [6.07, 6.45) is 2.38. The Morgan fingerprint density at radius 2 is 1.71 bits per heavy atom. The van der Waals surface area contributed by atoms with Crippen molar-refractivity contribution >= 4 is 0 Å². The standard InChI is InChI=1S/C26H43NO8/c1-14-20(28)21(29)22(30)23(34-14)35-17-7-9-24(2)15(12-17)4-5-19-18(24)8-10-25(3)16(13-27(32)33)6-11-26(19,25)31/h14-23,28-31H,4-13H2,1-3H3/t14-,15+,16+,17-,18?,19?,20-,21+,22+,23-,24-,25+,26-/m0/s1. The van der Waals surface area contributed by atoms with Gasteiger partial charge in [0.05, 0.1) is 17.8 Å². The van der Waals surface area contributed by atoms with Crippen molar-refractivity contribution in [2.75, 3.05) is 6.54 Å². The van der Waals surface area contributed by atoms with Crippen LogP contribution in [0.5, 0.6) is 0 Å². The van der Waals surface area contributed by atoms with Crippen LogP contribution in [0.15, 0.2) is 0 Å². The van der Waals surface area contributed by atoms with Gasteiger partial charge in [-0.3, -0.25) is 10.1 Å². The number of hydrogen-bond acceptors (Lipinski definition) is 8. The maximum Gasteiger partial charge on any atom is 0.207 e. The van der Waals surface area contributed by atoms with E-state index < -0.39 is 36.3 Å². The maximum absolute atomic E-state index is 12.1. The van der Waals surface area contributed by atoms with Crippen LogP contribution in [-0.2, 0) is 9.47 Å². The van der Waals surface area contributed by atoms with Gasteiger partial charge in [0.15, 0.2) is 6.29 Å². The molecule has 1 saturated heterocycles. The second kappa shape index (κ2) is 8.88. The SMILES string of the molecule is C[C@@H]1O[C@@H](O[C@H]2CC[C@]3(C)C4CC[C@]5(C)[C@@H](C[N+](=O)[O-])CC[C@]5(O)C4CC[C@@H]3C2)[C@H](O)[C@H](O)[C@H]1O. The fourth-order valence-corrected chi connectivity index (χ4v) is 9.21. The van der Waals surface area contributed by atoms with Crippen LogP contribution in [0.25, 0.3) is 0 Å². The van der Waals surface area contributed by atoms with Gasteiger partial charge >= 0.3 is 0 Å². The molecule has 1 aliphatic heterocycles. The number of aliphatic hydroxyl groups is 4. The zero-order valence-corrected chi connectivity index (χ0v) is 21.2. The Labute approximate surface area is 207 Å². The molecule has 2 unspecified atom stereocenters. The van der Waals surface area contributed by atoms with Crippen molar-refractivity contribution < 1.29 is 34.8 Å². The number of hydrogen-bond donors (Lipinski definition) is 4. The Balaban J connectivity index is 1.28. The molecule has 13 atom stereocenters. The molecule has 0 aromatic heterocycles. The molecular formula is C26H43NO8. The summed E-state index contributed by atoms with van der Waals surface area (Å²) in [4.78, 5) is 11.1. The number of rotatable bonds is 4. The average Bonchev–Trinajstić information content (AvgIpc) is 3.06. The Hall–Kier alpha value is -0.840. The van der Waals surface area contributed by atoms with Crippen molar-refractivity contribution in [1.82, 2.24) is 0 Å². The van der Waals surface area contributed by atoms with Gasteiger partial charge in [0, 0.05) is 16.3 Å². The van der Waals surface area contributed by atoms with Crippen LogP contribution in [0.3, 0.4) is 0 Å². The Morgan fingerprint density at radius 3 is 2.43 bits per heavy atom. The third-order valence-electron chi connectivity index (χ3n) is 11.5. The van der Waals surface area contributed by atoms with Crippen molar-refractivity contribution in [1.29, 1.82) is 0 Å². The first kappa shape index (κ1) is 25.8. The highest BCUT2D eigenvalue weighted by Gasteiger charge is 2.68. The second-order valence-electron chi connectivity index (χ2n) is 12.8. The minimum atomic E-state index is -1.30. The van der Waals surface area contributed by atoms with Crippen molar-refractivity contribution in [3.05, 3.63) is 10.1 Å². The van der Waals surface area contributed by atoms with E-state index in [0.29, 0.717) is 18.3 Å². The van der Waals surface area contributed by atoms with Crippen molar-refractivity contribution in [3.63, 3.8) is 0 Å². The molecule has 5 fully saturated rings. The molecule has 0 radical (unpaired) electrons. The lowest BCUT2D eigenvalue weighted by molar-refractivity contribution is -0.492. The number of nitro groups is 1. The lowest BCUT2D eigenvalue weighted by atomic mass is 9.43. The van der Waals surface area contributed by atoms with E-state index in [-0.39, 0.29) is 40.2 Å². The highest BCUT2D eigenvalue weighted by atomic mass is 16.7. The largest absolute Gasteiger partial charge is 0.389 e. The second-order valence-corrected chi connectivity index (χ2v) is 12.8. The number of nitrogens with zero attached hydrogens (tertiary/aromatic N) is 1. The molecule has 9 nitrogen and oxygen atoms in total. The van der Waals surface area contributed by atoms with Crippen LogP contribution in [0, 0.1) is 44.6 Å². The normalized spacial score (nSPS) is 56.1. The fourth-order valence-electron chi connectivity index (χ4n) is 9.21. The first-order valence-electron chi connectivity index (χ1n) is 13.6. The summed E-state index contributed by atoms with van der Waals surface area (Å²) in [5, 5.41) is 53.9. The molecule has 0 aromatic carbocycles. The molecule has 200 valence electrons. The minimum absolute atomic E-state index is 0.0471. The monoisotopic (exact) mass is 497 g/mol. The maximum atomic E-state index is 12.1. The smallest absolute Gasteiger partial charge is 0.207 e. The van der Waals surface area contributed by atoms with Crippen LogP contribution in [0.1, 0.15) is 78.6 Å². The Kier molecular flexibility index (Phi) is 6.54. The van der Waals surface area contributed by atoms with Gasteiger partial charge in [-0.05, 0) is 87.9 Å². The van der Waals surface area contributed by atoms with E-state index >= 15 is 0 Å². The molecule has 9 heteroatoms. The molecule has 0 bridgehead atoms. The van der Waals surface area contributed by atoms with Crippen LogP contribution in [0.2, 0.25) is 0 Å². The van der Waals surface area contributed by atoms with Crippen LogP contribution < -0.4 is 0 Å². The highest BCUT2D eigenvalue weighted by molar-refractivity contribution is 5.16. The van der Waals surface area contributed by atoms with E-state index in [1.54, 1.807) is 6.92 Å². The number of ether oxygens (including phenoxy) is 2. The van der Waals surface area contributed by atoms with E-state index in [1.165, 1.54) is 0 Å². The average molecular weight is 498 g/mol. The topological polar surface area (TPSA) is 143 Å². The molecule has 0 aromatic rings. The number of aliphatic hydroxyl groups excluding tert-OH is 3. The molecule has 0 amide bonds. The van der Waals surface area contributed by atoms with Gasteiger partial charge < -0.3 is 29.9 Å². The molecule has 5 aliphatic rings. The first-order chi connectivity index (χ1) is 16.4. The summed E-state index contributed by atoms with van der Waals surface area (Å²) in [7, 11) is 0. The molecule has 4 N–H and O–H groups in total. The summed E-state index contributed by atoms with van der Waals surface area (Å²) in [6, 6.07) is 0. The van der Waals surface area contributed by atoms with Gasteiger partial charge in [-0.1, -0.05) is 13.8 Å². The van der Waals surface area contributed by atoms with Gasteiger partial charge in [-0.15, -0.1) is 0 Å². The predicted molar refractivity (Wildman–Crippen MR) is 126 cm³/mol. The van der Waals surface area contributed by atoms with Crippen LogP contribution in [0.4, 0.5) is 0 Å². The summed E-state index contributed by atoms with van der Waals surface area (Å²) in [5.41, 5.74) is -1.14. The van der Waals surface area contributed by atoms with Crippen LogP contribution in [-0.4, -0.2) is 74.3 Å². The van der Waals surface area contributed by atoms with E-state index in [9.17, 15) is 30.5 Å². The van der Waals surface area contributed by atoms with Crippen molar-refractivity contribution in [3.8, 4) is 0 Å². The van der Waals surface area contributed by atoms with Gasteiger partial charge in [0.25, 0.3) is 0 Å². The highest BCUT2D eigenvalue weighted by Crippen LogP contribution is 2.69. The van der Waals surface area contributed by atoms with E-state index in [0.717, 1.165) is 51.4 Å². The minimum Gasteiger partial charge on any atom is -0.389 e. The molecule has 0 spiro atoms. The Morgan fingerprint density at radius 1 is 0.971 bits per heavy atom. The van der Waals surface area contributed by atoms with Gasteiger partial charge in [0.2, 0.25) is 6.54 Å². The summed E-state index contributed by atoms with van der Waals surface area (Å²) in [6.45, 7) is 6.09. The van der Waals surface area contributed by atoms with Crippen molar-refractivity contribution in [2.24, 2.45) is 34.5 Å². The van der Waals surface area contributed by atoms with Crippen molar-refractivity contribution in [2.45, 2.75) is 121 Å². The molecule has 4 saturated carbocycles. The van der Waals surface area contributed by atoms with Gasteiger partial charge in [-0.25, -0.2) is 0 Å². The van der Waals surface area contributed by atoms with Gasteiger partial charge in [-0.2, -0.15) is 0 Å². The van der Waals surface area contributed by atoms with Crippen LogP contribution >= 0.6 is 0 Å². The zero-order chi connectivity index (χ0) is 25.3. The molecule has 5 rings (SSSR count). The molecule has 35 heavy (non-hydrogen) atoms. The van der Waals surface area contributed by atoms with E-state index in [4.69, 9.17) is 9.47 Å².